The van der Waals surface area contributed by atoms with Crippen LogP contribution in [-0.2, 0) is 4.74 Å². The van der Waals surface area contributed by atoms with E-state index in [0.717, 1.165) is 16.5 Å². The summed E-state index contributed by atoms with van der Waals surface area (Å²) in [5.74, 6) is -0.390. The molecule has 1 aromatic carbocycles. The number of hydrogen-bond donors (Lipinski definition) is 1. The molecule has 0 unspecified atom stereocenters. The van der Waals surface area contributed by atoms with Gasteiger partial charge in [0.05, 0.1) is 17.8 Å². The largest absolute Gasteiger partial charge is 0.462 e. The lowest BCUT2D eigenvalue weighted by Crippen LogP contribution is -2.09. The van der Waals surface area contributed by atoms with Crippen LogP contribution in [0.4, 0.5) is 5.69 Å². The van der Waals surface area contributed by atoms with Crippen LogP contribution in [0.5, 0.6) is 0 Å². The number of rotatable bonds is 3. The Morgan fingerprint density at radius 1 is 1.47 bits per heavy atom. The zero-order chi connectivity index (χ0) is 14.0. The van der Waals surface area contributed by atoms with Gasteiger partial charge in [-0.3, -0.25) is 4.98 Å². The van der Waals surface area contributed by atoms with Gasteiger partial charge in [0.15, 0.2) is 0 Å². The monoisotopic (exact) mass is 278 g/mol. The summed E-state index contributed by atoms with van der Waals surface area (Å²) in [6.45, 7) is 4.03. The van der Waals surface area contributed by atoms with E-state index < -0.39 is 0 Å². The number of nitrogens with one attached hydrogen (secondary N) is 1. The highest BCUT2D eigenvalue weighted by atomic mass is 35.5. The molecule has 0 radical (unpaired) electrons. The molecule has 1 aromatic heterocycles. The van der Waals surface area contributed by atoms with Crippen molar-refractivity contribution in [2.24, 2.45) is 0 Å². The first-order valence-corrected chi connectivity index (χ1v) is 6.40. The number of hydrogen-bond acceptors (Lipinski definition) is 4. The molecule has 0 fully saturated rings. The lowest BCUT2D eigenvalue weighted by Gasteiger charge is -2.12. The number of pyridine rings is 1. The van der Waals surface area contributed by atoms with E-state index in [4.69, 9.17) is 16.3 Å². The molecule has 0 aliphatic heterocycles. The molecular formula is C14H15ClN2O2. The van der Waals surface area contributed by atoms with Crippen molar-refractivity contribution in [2.45, 2.75) is 13.8 Å². The van der Waals surface area contributed by atoms with Crippen molar-refractivity contribution in [2.75, 3.05) is 19.0 Å². The standard InChI is InChI=1S/C14H15ClN2O2/c1-4-19-14(18)11-7-17-12-8(2)5-9(15)6-10(12)13(11)16-3/h5-7H,4H2,1-3H3,(H,16,17). The number of aromatic nitrogens is 1. The SMILES string of the molecule is CCOC(=O)c1cnc2c(C)cc(Cl)cc2c1NC. The van der Waals surface area contributed by atoms with Crippen LogP contribution >= 0.6 is 11.6 Å². The maximum Gasteiger partial charge on any atom is 0.341 e. The number of benzene rings is 1. The Kier molecular flexibility index (Phi) is 3.90. The minimum Gasteiger partial charge on any atom is -0.462 e. The van der Waals surface area contributed by atoms with Gasteiger partial charge in [-0.05, 0) is 31.5 Å². The number of carbonyl (C=O) groups is 1. The van der Waals surface area contributed by atoms with Gasteiger partial charge in [0.2, 0.25) is 0 Å². The summed E-state index contributed by atoms with van der Waals surface area (Å²) in [5.41, 5.74) is 2.89. The number of ether oxygens (including phenoxy) is 1. The van der Waals surface area contributed by atoms with E-state index in [2.05, 4.69) is 10.3 Å². The van der Waals surface area contributed by atoms with Crippen molar-refractivity contribution >= 4 is 34.2 Å². The van der Waals surface area contributed by atoms with E-state index in [-0.39, 0.29) is 5.97 Å². The first-order valence-electron chi connectivity index (χ1n) is 6.02. The van der Waals surface area contributed by atoms with Crippen LogP contribution in [0.15, 0.2) is 18.3 Å². The maximum atomic E-state index is 11.9. The van der Waals surface area contributed by atoms with Crippen LogP contribution in [0.2, 0.25) is 5.02 Å². The molecule has 0 atom stereocenters. The summed E-state index contributed by atoms with van der Waals surface area (Å²) in [5, 5.41) is 4.47. The molecule has 2 aromatic rings. The normalized spacial score (nSPS) is 10.5. The van der Waals surface area contributed by atoms with Crippen molar-refractivity contribution in [1.29, 1.82) is 0 Å². The maximum absolute atomic E-state index is 11.9. The summed E-state index contributed by atoms with van der Waals surface area (Å²) in [4.78, 5) is 16.2. The number of carbonyl (C=O) groups excluding carboxylic acids is 1. The summed E-state index contributed by atoms with van der Waals surface area (Å²) in [6.07, 6.45) is 1.53. The Balaban J connectivity index is 2.72. The molecule has 0 aliphatic carbocycles. The van der Waals surface area contributed by atoms with E-state index in [1.54, 1.807) is 20.0 Å². The first-order chi connectivity index (χ1) is 9.08. The van der Waals surface area contributed by atoms with Gasteiger partial charge < -0.3 is 10.1 Å². The van der Waals surface area contributed by atoms with Gasteiger partial charge in [0.25, 0.3) is 0 Å². The second-order valence-electron chi connectivity index (χ2n) is 4.14. The molecule has 1 N–H and O–H groups in total. The number of nitrogens with zero attached hydrogens (tertiary/aromatic N) is 1. The molecule has 1 heterocycles. The molecule has 0 spiro atoms. The third-order valence-electron chi connectivity index (χ3n) is 2.87. The van der Waals surface area contributed by atoms with Gasteiger partial charge in [0, 0.05) is 23.7 Å². The Morgan fingerprint density at radius 3 is 2.84 bits per heavy atom. The number of anilines is 1. The topological polar surface area (TPSA) is 51.2 Å². The molecule has 0 saturated carbocycles. The van der Waals surface area contributed by atoms with Gasteiger partial charge in [-0.1, -0.05) is 11.6 Å². The molecule has 0 bridgehead atoms. The Labute approximate surface area is 116 Å². The lowest BCUT2D eigenvalue weighted by atomic mass is 10.1. The van der Waals surface area contributed by atoms with Gasteiger partial charge in [-0.15, -0.1) is 0 Å². The average molecular weight is 279 g/mol. The first kappa shape index (κ1) is 13.6. The second kappa shape index (κ2) is 5.45. The second-order valence-corrected chi connectivity index (χ2v) is 4.57. The Hall–Kier alpha value is -1.81. The molecule has 5 heteroatoms. The molecule has 2 rings (SSSR count). The molecule has 100 valence electrons. The number of aryl methyl sites for hydroxylation is 1. The van der Waals surface area contributed by atoms with Crippen molar-refractivity contribution in [3.63, 3.8) is 0 Å². The van der Waals surface area contributed by atoms with Gasteiger partial charge in [0.1, 0.15) is 5.56 Å². The fraction of sp³-hybridized carbons (Fsp3) is 0.286. The number of esters is 1. The van der Waals surface area contributed by atoms with Gasteiger partial charge in [-0.25, -0.2) is 4.79 Å². The van der Waals surface area contributed by atoms with Crippen LogP contribution in [-0.4, -0.2) is 24.6 Å². The predicted molar refractivity (Wildman–Crippen MR) is 77.0 cm³/mol. The van der Waals surface area contributed by atoms with Crippen molar-refractivity contribution in [3.8, 4) is 0 Å². The van der Waals surface area contributed by atoms with Crippen LogP contribution in [0.25, 0.3) is 10.9 Å². The van der Waals surface area contributed by atoms with Gasteiger partial charge >= 0.3 is 5.97 Å². The van der Waals surface area contributed by atoms with Crippen LogP contribution in [0, 0.1) is 6.92 Å². The smallest absolute Gasteiger partial charge is 0.341 e. The molecular weight excluding hydrogens is 264 g/mol. The zero-order valence-corrected chi connectivity index (χ0v) is 11.8. The Bertz CT molecular complexity index is 641. The molecule has 4 nitrogen and oxygen atoms in total. The summed E-state index contributed by atoms with van der Waals surface area (Å²) in [7, 11) is 1.76. The molecule has 0 aliphatic rings. The number of halogens is 1. The van der Waals surface area contributed by atoms with Crippen molar-refractivity contribution in [3.05, 3.63) is 34.5 Å². The fourth-order valence-corrected chi connectivity index (χ4v) is 2.34. The molecule has 19 heavy (non-hydrogen) atoms. The minimum absolute atomic E-state index is 0.328. The van der Waals surface area contributed by atoms with Crippen LogP contribution in [0.1, 0.15) is 22.8 Å². The summed E-state index contributed by atoms with van der Waals surface area (Å²) < 4.78 is 5.03. The predicted octanol–water partition coefficient (Wildman–Crippen LogP) is 3.42. The highest BCUT2D eigenvalue weighted by Crippen LogP contribution is 2.30. The fourth-order valence-electron chi connectivity index (χ4n) is 2.07. The minimum atomic E-state index is -0.390. The highest BCUT2D eigenvalue weighted by Gasteiger charge is 2.16. The van der Waals surface area contributed by atoms with Crippen molar-refractivity contribution in [1.82, 2.24) is 4.98 Å². The van der Waals surface area contributed by atoms with Crippen LogP contribution in [0.3, 0.4) is 0 Å². The van der Waals surface area contributed by atoms with E-state index in [1.165, 1.54) is 6.20 Å². The average Bonchev–Trinajstić information content (AvgIpc) is 2.37. The van der Waals surface area contributed by atoms with Crippen LogP contribution < -0.4 is 5.32 Å². The van der Waals surface area contributed by atoms with E-state index in [1.807, 2.05) is 13.0 Å². The van der Waals surface area contributed by atoms with E-state index in [9.17, 15) is 4.79 Å². The third kappa shape index (κ3) is 2.49. The summed E-state index contributed by atoms with van der Waals surface area (Å²) >= 11 is 6.07. The van der Waals surface area contributed by atoms with E-state index in [0.29, 0.717) is 22.9 Å². The summed E-state index contributed by atoms with van der Waals surface area (Å²) in [6, 6.07) is 3.64. The third-order valence-corrected chi connectivity index (χ3v) is 3.09. The van der Waals surface area contributed by atoms with E-state index >= 15 is 0 Å². The molecule has 0 amide bonds. The quantitative estimate of drug-likeness (QED) is 0.874. The Morgan fingerprint density at radius 2 is 2.21 bits per heavy atom. The number of fused-ring (bicyclic) bond motifs is 1. The highest BCUT2D eigenvalue weighted by molar-refractivity contribution is 6.31. The van der Waals surface area contributed by atoms with Crippen molar-refractivity contribution < 1.29 is 9.53 Å². The zero-order valence-electron chi connectivity index (χ0n) is 11.1. The van der Waals surface area contributed by atoms with Gasteiger partial charge in [-0.2, -0.15) is 0 Å². The molecule has 0 saturated heterocycles. The lowest BCUT2D eigenvalue weighted by molar-refractivity contribution is 0.0527.